The van der Waals surface area contributed by atoms with Crippen molar-refractivity contribution >= 4 is 40.9 Å². The van der Waals surface area contributed by atoms with Crippen LogP contribution in [0, 0.1) is 6.92 Å². The summed E-state index contributed by atoms with van der Waals surface area (Å²) in [6, 6.07) is 14.9. The highest BCUT2D eigenvalue weighted by molar-refractivity contribution is 7.99. The fraction of sp³-hybridized carbons (Fsp3) is 0.292. The summed E-state index contributed by atoms with van der Waals surface area (Å²) in [5.74, 6) is 1.41. The van der Waals surface area contributed by atoms with Gasteiger partial charge in [-0.05, 0) is 50.1 Å². The van der Waals surface area contributed by atoms with Crippen LogP contribution in [0.4, 0.5) is 11.6 Å². The third-order valence-electron chi connectivity index (χ3n) is 5.30. The summed E-state index contributed by atoms with van der Waals surface area (Å²) in [5.41, 5.74) is 4.14. The lowest BCUT2D eigenvalue weighted by atomic mass is 9.95. The van der Waals surface area contributed by atoms with E-state index < -0.39 is 6.04 Å². The number of carbonyl (C=O) groups excluding carboxylic acids is 1. The van der Waals surface area contributed by atoms with Gasteiger partial charge in [0.15, 0.2) is 0 Å². The first-order valence-electron chi connectivity index (χ1n) is 10.7. The Morgan fingerprint density at radius 2 is 1.88 bits per heavy atom. The van der Waals surface area contributed by atoms with Crippen molar-refractivity contribution in [1.29, 1.82) is 0 Å². The molecule has 8 heteroatoms. The lowest BCUT2D eigenvalue weighted by Gasteiger charge is -2.28. The standard InChI is InChI=1S/C24H26ClN5OS/c1-4-5-14-32-24-28-23-26-16(3)20(22(31)27-19-12-6-15(2)7-13-19)21(30(23)29-24)17-8-10-18(25)11-9-17/h6-13,21H,4-5,14H2,1-3H3,(H,27,31)(H,26,28,29). The smallest absolute Gasteiger partial charge is 0.255 e. The molecule has 1 aliphatic rings. The molecule has 2 N–H and O–H groups in total. The van der Waals surface area contributed by atoms with Crippen LogP contribution in [0.3, 0.4) is 0 Å². The first-order chi connectivity index (χ1) is 15.5. The number of allylic oxidation sites excluding steroid dienone is 1. The van der Waals surface area contributed by atoms with E-state index >= 15 is 0 Å². The third-order valence-corrected chi connectivity index (χ3v) is 6.48. The number of aromatic nitrogens is 3. The van der Waals surface area contributed by atoms with Crippen molar-refractivity contribution < 1.29 is 4.79 Å². The number of rotatable bonds is 7. The van der Waals surface area contributed by atoms with E-state index in [0.29, 0.717) is 21.7 Å². The Kier molecular flexibility index (Phi) is 6.86. The molecule has 1 atom stereocenters. The van der Waals surface area contributed by atoms with Crippen molar-refractivity contribution in [3.63, 3.8) is 0 Å². The van der Waals surface area contributed by atoms with Gasteiger partial charge >= 0.3 is 0 Å². The van der Waals surface area contributed by atoms with Crippen molar-refractivity contribution in [3.8, 4) is 0 Å². The second-order valence-electron chi connectivity index (χ2n) is 7.80. The minimum absolute atomic E-state index is 0.180. The number of thioether (sulfide) groups is 1. The van der Waals surface area contributed by atoms with Gasteiger partial charge in [0.1, 0.15) is 6.04 Å². The van der Waals surface area contributed by atoms with Crippen LogP contribution in [0.15, 0.2) is 65.0 Å². The average molecular weight is 468 g/mol. The minimum atomic E-state index is -0.415. The van der Waals surface area contributed by atoms with Gasteiger partial charge in [-0.25, -0.2) is 4.68 Å². The maximum Gasteiger partial charge on any atom is 0.255 e. The maximum atomic E-state index is 13.4. The van der Waals surface area contributed by atoms with Gasteiger partial charge in [-0.15, -0.1) is 5.10 Å². The second-order valence-corrected chi connectivity index (χ2v) is 9.30. The van der Waals surface area contributed by atoms with Crippen LogP contribution in [-0.4, -0.2) is 26.4 Å². The first kappa shape index (κ1) is 22.4. The molecule has 6 nitrogen and oxygen atoms in total. The van der Waals surface area contributed by atoms with Crippen LogP contribution in [0.25, 0.3) is 0 Å². The van der Waals surface area contributed by atoms with Crippen molar-refractivity contribution in [3.05, 3.63) is 76.0 Å². The number of aryl methyl sites for hydroxylation is 1. The molecule has 1 aliphatic heterocycles. The zero-order valence-electron chi connectivity index (χ0n) is 18.4. The van der Waals surface area contributed by atoms with Crippen LogP contribution in [0.5, 0.6) is 0 Å². The highest BCUT2D eigenvalue weighted by Gasteiger charge is 2.34. The van der Waals surface area contributed by atoms with Gasteiger partial charge in [-0.3, -0.25) is 4.79 Å². The number of unbranched alkanes of at least 4 members (excludes halogenated alkanes) is 1. The van der Waals surface area contributed by atoms with E-state index in [4.69, 9.17) is 16.7 Å². The van der Waals surface area contributed by atoms with Crippen molar-refractivity contribution in [2.24, 2.45) is 0 Å². The molecule has 0 fully saturated rings. The summed E-state index contributed by atoms with van der Waals surface area (Å²) in [6.07, 6.45) is 2.22. The maximum absolute atomic E-state index is 13.4. The molecule has 166 valence electrons. The Labute approximate surface area is 197 Å². The molecule has 3 aromatic rings. The van der Waals surface area contributed by atoms with Gasteiger partial charge in [-0.1, -0.05) is 66.5 Å². The molecule has 0 saturated carbocycles. The molecule has 0 aliphatic carbocycles. The summed E-state index contributed by atoms with van der Waals surface area (Å²) in [4.78, 5) is 18.1. The molecule has 1 aromatic heterocycles. The summed E-state index contributed by atoms with van der Waals surface area (Å²) in [5, 5.41) is 12.4. The van der Waals surface area contributed by atoms with Crippen LogP contribution >= 0.6 is 23.4 Å². The molecule has 2 aromatic carbocycles. The third kappa shape index (κ3) is 4.84. The largest absolute Gasteiger partial charge is 0.328 e. The molecule has 0 bridgehead atoms. The first-order valence-corrected chi connectivity index (χ1v) is 12.0. The molecule has 1 amide bonds. The lowest BCUT2D eigenvalue weighted by molar-refractivity contribution is -0.113. The number of amides is 1. The second kappa shape index (κ2) is 9.79. The van der Waals surface area contributed by atoms with E-state index in [1.54, 1.807) is 16.4 Å². The van der Waals surface area contributed by atoms with Crippen LogP contribution < -0.4 is 10.6 Å². The zero-order chi connectivity index (χ0) is 22.7. The predicted octanol–water partition coefficient (Wildman–Crippen LogP) is 6.06. The van der Waals surface area contributed by atoms with E-state index in [1.165, 1.54) is 0 Å². The Hall–Kier alpha value is -2.77. The van der Waals surface area contributed by atoms with E-state index in [0.717, 1.165) is 41.1 Å². The summed E-state index contributed by atoms with van der Waals surface area (Å²) in [6.45, 7) is 6.08. The zero-order valence-corrected chi connectivity index (χ0v) is 19.9. The number of hydrogen-bond acceptors (Lipinski definition) is 5. The van der Waals surface area contributed by atoms with Crippen molar-refractivity contribution in [2.45, 2.75) is 44.8 Å². The van der Waals surface area contributed by atoms with Gasteiger partial charge in [0, 0.05) is 22.2 Å². The predicted molar refractivity (Wildman–Crippen MR) is 131 cm³/mol. The molecule has 32 heavy (non-hydrogen) atoms. The van der Waals surface area contributed by atoms with Gasteiger partial charge in [-0.2, -0.15) is 4.98 Å². The molecular formula is C24H26ClN5OS. The normalized spacial score (nSPS) is 15.3. The number of halogens is 1. The minimum Gasteiger partial charge on any atom is -0.328 e. The van der Waals surface area contributed by atoms with Crippen LogP contribution in [-0.2, 0) is 4.79 Å². The molecular weight excluding hydrogens is 442 g/mol. The van der Waals surface area contributed by atoms with Gasteiger partial charge in [0.25, 0.3) is 5.91 Å². The number of carbonyl (C=O) groups is 1. The Bertz CT molecular complexity index is 1140. The average Bonchev–Trinajstić information content (AvgIpc) is 3.17. The molecule has 0 radical (unpaired) electrons. The Balaban J connectivity index is 1.71. The lowest BCUT2D eigenvalue weighted by Crippen LogP contribution is -2.31. The number of nitrogens with zero attached hydrogens (tertiary/aromatic N) is 3. The number of benzene rings is 2. The van der Waals surface area contributed by atoms with E-state index in [9.17, 15) is 4.79 Å². The van der Waals surface area contributed by atoms with Gasteiger partial charge in [0.05, 0.1) is 5.57 Å². The van der Waals surface area contributed by atoms with Crippen molar-refractivity contribution in [2.75, 3.05) is 16.4 Å². The van der Waals surface area contributed by atoms with Crippen molar-refractivity contribution in [1.82, 2.24) is 14.8 Å². The quantitative estimate of drug-likeness (QED) is 0.326. The number of hydrogen-bond donors (Lipinski definition) is 2. The molecule has 2 heterocycles. The van der Waals surface area contributed by atoms with Gasteiger partial charge < -0.3 is 10.6 Å². The number of anilines is 2. The van der Waals surface area contributed by atoms with E-state index in [1.807, 2.05) is 62.4 Å². The molecule has 0 saturated heterocycles. The molecule has 4 rings (SSSR count). The van der Waals surface area contributed by atoms with E-state index in [2.05, 4.69) is 22.5 Å². The Morgan fingerprint density at radius 1 is 1.16 bits per heavy atom. The molecule has 1 unspecified atom stereocenters. The monoisotopic (exact) mass is 467 g/mol. The molecule has 0 spiro atoms. The topological polar surface area (TPSA) is 71.8 Å². The van der Waals surface area contributed by atoms with Crippen LogP contribution in [0.2, 0.25) is 5.02 Å². The van der Waals surface area contributed by atoms with Crippen LogP contribution in [0.1, 0.15) is 43.9 Å². The van der Waals surface area contributed by atoms with Gasteiger partial charge in [0.2, 0.25) is 11.1 Å². The summed E-state index contributed by atoms with van der Waals surface area (Å²) < 4.78 is 1.80. The fourth-order valence-electron chi connectivity index (χ4n) is 3.58. The summed E-state index contributed by atoms with van der Waals surface area (Å²) >= 11 is 7.76. The number of nitrogens with one attached hydrogen (secondary N) is 2. The highest BCUT2D eigenvalue weighted by Crippen LogP contribution is 2.37. The fourth-order valence-corrected chi connectivity index (χ4v) is 4.62. The van der Waals surface area contributed by atoms with E-state index in [-0.39, 0.29) is 5.91 Å². The number of fused-ring (bicyclic) bond motifs is 1. The highest BCUT2D eigenvalue weighted by atomic mass is 35.5. The SMILES string of the molecule is CCCCSc1nc2n(n1)C(c1ccc(Cl)cc1)C(C(=O)Nc1ccc(C)cc1)=C(C)N2. The summed E-state index contributed by atoms with van der Waals surface area (Å²) in [7, 11) is 0. The Morgan fingerprint density at radius 3 is 2.56 bits per heavy atom.